The van der Waals surface area contributed by atoms with Crippen molar-refractivity contribution in [3.05, 3.63) is 75.1 Å². The van der Waals surface area contributed by atoms with Gasteiger partial charge in [-0.25, -0.2) is 9.50 Å². The Balaban J connectivity index is 1.60. The van der Waals surface area contributed by atoms with E-state index in [0.717, 1.165) is 6.42 Å². The van der Waals surface area contributed by atoms with E-state index in [2.05, 4.69) is 22.2 Å². The molecule has 1 fully saturated rings. The van der Waals surface area contributed by atoms with Crippen molar-refractivity contribution in [3.8, 4) is 5.69 Å². The molecule has 0 saturated carbocycles. The van der Waals surface area contributed by atoms with Gasteiger partial charge in [-0.1, -0.05) is 36.7 Å². The van der Waals surface area contributed by atoms with Crippen LogP contribution in [0.25, 0.3) is 11.2 Å². The van der Waals surface area contributed by atoms with Crippen LogP contribution < -0.4 is 21.5 Å². The topological polar surface area (TPSA) is 123 Å². The molecule has 4 aromatic rings. The molecule has 6 rings (SSSR count). The zero-order valence-corrected chi connectivity index (χ0v) is 19.0. The summed E-state index contributed by atoms with van der Waals surface area (Å²) in [5.41, 5.74) is 7.71. The predicted molar refractivity (Wildman–Crippen MR) is 127 cm³/mol. The van der Waals surface area contributed by atoms with Gasteiger partial charge in [0.15, 0.2) is 5.82 Å². The van der Waals surface area contributed by atoms with Gasteiger partial charge >= 0.3 is 0 Å². The molecule has 1 saturated heterocycles. The lowest BCUT2D eigenvalue weighted by atomic mass is 9.85. The van der Waals surface area contributed by atoms with E-state index in [0.29, 0.717) is 52.2 Å². The van der Waals surface area contributed by atoms with Crippen LogP contribution in [0.2, 0.25) is 5.02 Å². The average Bonchev–Trinajstić information content (AvgIpc) is 3.36. The van der Waals surface area contributed by atoms with Gasteiger partial charge in [-0.05, 0) is 24.6 Å². The third-order valence-electron chi connectivity index (χ3n) is 6.58. The standard InChI is InChI=1S/C23H21ClN8O2/c1-2-12-11-30(19-16-15(10-26-21(16)33)27-23(25)28-19)17(12)20-29-31-9-8-14(24)18(31)22(34)32(20)13-6-4-3-5-7-13/h3-9,12,17H,2,10-11H2,1H3,(H,26,33)(H2,25,27,28)/t12-,17-/m0/s1. The monoisotopic (exact) mass is 476 g/mol. The minimum atomic E-state index is -0.310. The minimum absolute atomic E-state index is 0.102. The number of halogens is 1. The summed E-state index contributed by atoms with van der Waals surface area (Å²) < 4.78 is 3.12. The molecular weight excluding hydrogens is 456 g/mol. The number of hydrogen-bond acceptors (Lipinski definition) is 7. The molecule has 0 unspecified atom stereocenters. The fourth-order valence-electron chi connectivity index (χ4n) is 4.90. The number of fused-ring (bicyclic) bond motifs is 2. The van der Waals surface area contributed by atoms with Gasteiger partial charge in [-0.2, -0.15) is 10.1 Å². The number of carbonyl (C=O) groups excluding carboxylic acids is 1. The summed E-state index contributed by atoms with van der Waals surface area (Å²) in [4.78, 5) is 37.0. The van der Waals surface area contributed by atoms with E-state index >= 15 is 0 Å². The Morgan fingerprint density at radius 1 is 1.18 bits per heavy atom. The number of nitrogens with zero attached hydrogens (tertiary/aromatic N) is 6. The number of amides is 1. The fourth-order valence-corrected chi connectivity index (χ4v) is 5.13. The van der Waals surface area contributed by atoms with Crippen molar-refractivity contribution in [3.63, 3.8) is 0 Å². The number of benzene rings is 1. The Kier molecular flexibility index (Phi) is 4.59. The average molecular weight is 477 g/mol. The fraction of sp³-hybridized carbons (Fsp3) is 0.261. The SMILES string of the molecule is CC[C@H]1CN(c2nc(N)nc3c2C(=O)NC3)[C@@H]1c1nn2ccc(Cl)c2c(=O)n1-c1ccccc1. The lowest BCUT2D eigenvalue weighted by Crippen LogP contribution is -2.53. The van der Waals surface area contributed by atoms with E-state index < -0.39 is 0 Å². The lowest BCUT2D eigenvalue weighted by Gasteiger charge is -2.48. The van der Waals surface area contributed by atoms with Crippen molar-refractivity contribution in [2.45, 2.75) is 25.9 Å². The maximum Gasteiger partial charge on any atom is 0.284 e. The molecule has 3 aromatic heterocycles. The maximum atomic E-state index is 13.7. The Morgan fingerprint density at radius 2 is 1.97 bits per heavy atom. The summed E-state index contributed by atoms with van der Waals surface area (Å²) in [6, 6.07) is 10.7. The van der Waals surface area contributed by atoms with Gasteiger partial charge < -0.3 is 16.0 Å². The Hall–Kier alpha value is -3.92. The second-order valence-electron chi connectivity index (χ2n) is 8.47. The van der Waals surface area contributed by atoms with Crippen molar-refractivity contribution in [1.29, 1.82) is 0 Å². The molecule has 3 N–H and O–H groups in total. The van der Waals surface area contributed by atoms with Gasteiger partial charge in [-0.15, -0.1) is 0 Å². The molecule has 0 spiro atoms. The lowest BCUT2D eigenvalue weighted by molar-refractivity contribution is 0.0965. The molecule has 0 radical (unpaired) electrons. The summed E-state index contributed by atoms with van der Waals surface area (Å²) in [7, 11) is 0. The quantitative estimate of drug-likeness (QED) is 0.463. The second kappa shape index (κ2) is 7.56. The molecule has 2 aliphatic heterocycles. The third-order valence-corrected chi connectivity index (χ3v) is 6.88. The van der Waals surface area contributed by atoms with Crippen LogP contribution in [0.4, 0.5) is 11.8 Å². The Bertz CT molecular complexity index is 1510. The summed E-state index contributed by atoms with van der Waals surface area (Å²) in [5, 5.41) is 7.98. The minimum Gasteiger partial charge on any atom is -0.368 e. The van der Waals surface area contributed by atoms with Gasteiger partial charge in [0, 0.05) is 18.7 Å². The van der Waals surface area contributed by atoms with Gasteiger partial charge in [0.25, 0.3) is 11.5 Å². The van der Waals surface area contributed by atoms with Crippen LogP contribution in [0.1, 0.15) is 41.3 Å². The van der Waals surface area contributed by atoms with E-state index in [4.69, 9.17) is 22.4 Å². The Morgan fingerprint density at radius 3 is 2.74 bits per heavy atom. The zero-order chi connectivity index (χ0) is 23.6. The molecule has 11 heteroatoms. The molecule has 2 aliphatic rings. The van der Waals surface area contributed by atoms with Crippen LogP contribution in [0.15, 0.2) is 47.4 Å². The van der Waals surface area contributed by atoms with Gasteiger partial charge in [0.05, 0.1) is 29.0 Å². The second-order valence-corrected chi connectivity index (χ2v) is 8.87. The molecule has 1 amide bonds. The molecule has 0 aliphatic carbocycles. The van der Waals surface area contributed by atoms with E-state index in [1.54, 1.807) is 16.8 Å². The molecular formula is C23H21ClN8O2. The largest absolute Gasteiger partial charge is 0.368 e. The molecule has 5 heterocycles. The van der Waals surface area contributed by atoms with E-state index in [1.165, 1.54) is 4.52 Å². The van der Waals surface area contributed by atoms with Crippen molar-refractivity contribution in [2.24, 2.45) is 5.92 Å². The van der Waals surface area contributed by atoms with Gasteiger partial charge in [0.1, 0.15) is 16.9 Å². The zero-order valence-electron chi connectivity index (χ0n) is 18.3. The van der Waals surface area contributed by atoms with Crippen molar-refractivity contribution >= 4 is 34.8 Å². The van der Waals surface area contributed by atoms with Crippen LogP contribution in [0, 0.1) is 5.92 Å². The highest BCUT2D eigenvalue weighted by Gasteiger charge is 2.45. The summed E-state index contributed by atoms with van der Waals surface area (Å²) in [6.45, 7) is 3.05. The number of nitrogens with two attached hydrogens (primary N) is 1. The van der Waals surface area contributed by atoms with Crippen LogP contribution in [-0.2, 0) is 6.54 Å². The summed E-state index contributed by atoms with van der Waals surface area (Å²) in [6.07, 6.45) is 2.53. The number of aromatic nitrogens is 5. The van der Waals surface area contributed by atoms with E-state index in [9.17, 15) is 9.59 Å². The number of nitrogens with one attached hydrogen (secondary N) is 1. The molecule has 0 bridgehead atoms. The first-order valence-electron chi connectivity index (χ1n) is 11.0. The first-order chi connectivity index (χ1) is 16.5. The molecule has 2 atom stereocenters. The van der Waals surface area contributed by atoms with Gasteiger partial charge in [0.2, 0.25) is 5.95 Å². The first-order valence-corrected chi connectivity index (χ1v) is 11.4. The van der Waals surface area contributed by atoms with Crippen molar-refractivity contribution < 1.29 is 4.79 Å². The van der Waals surface area contributed by atoms with Crippen molar-refractivity contribution in [2.75, 3.05) is 17.2 Å². The molecule has 10 nitrogen and oxygen atoms in total. The first kappa shape index (κ1) is 20.7. The molecule has 34 heavy (non-hydrogen) atoms. The number of hydrogen-bond donors (Lipinski definition) is 2. The highest BCUT2D eigenvalue weighted by atomic mass is 35.5. The number of para-hydroxylation sites is 1. The predicted octanol–water partition coefficient (Wildman–Crippen LogP) is 2.34. The number of anilines is 2. The van der Waals surface area contributed by atoms with E-state index in [-0.39, 0.29) is 29.4 Å². The maximum absolute atomic E-state index is 13.7. The third kappa shape index (κ3) is 2.91. The number of nitrogen functional groups attached to an aromatic ring is 1. The highest BCUT2D eigenvalue weighted by molar-refractivity contribution is 6.33. The summed E-state index contributed by atoms with van der Waals surface area (Å²) >= 11 is 6.34. The van der Waals surface area contributed by atoms with Crippen molar-refractivity contribution in [1.82, 2.24) is 29.5 Å². The van der Waals surface area contributed by atoms with Crippen LogP contribution >= 0.6 is 11.6 Å². The van der Waals surface area contributed by atoms with Crippen LogP contribution in [0.3, 0.4) is 0 Å². The smallest absolute Gasteiger partial charge is 0.284 e. The van der Waals surface area contributed by atoms with Gasteiger partial charge in [-0.3, -0.25) is 14.2 Å². The molecule has 1 aromatic carbocycles. The highest BCUT2D eigenvalue weighted by Crippen LogP contribution is 2.44. The number of carbonyl (C=O) groups is 1. The van der Waals surface area contributed by atoms with Crippen LogP contribution in [0.5, 0.6) is 0 Å². The van der Waals surface area contributed by atoms with E-state index in [1.807, 2.05) is 35.2 Å². The van der Waals surface area contributed by atoms with Crippen LogP contribution in [-0.4, -0.2) is 36.6 Å². The molecule has 172 valence electrons. The normalized spacial score (nSPS) is 19.2. The Labute approximate surface area is 199 Å². The number of rotatable bonds is 4. The summed E-state index contributed by atoms with van der Waals surface area (Å²) in [5.74, 6) is 1.06.